The number of nitrogens with zero attached hydrogens (tertiary/aromatic N) is 4. The average molecular weight is 532 g/mol. The molecule has 0 saturated heterocycles. The molecule has 9 nitrogen and oxygen atoms in total. The van der Waals surface area contributed by atoms with Gasteiger partial charge in [0.15, 0.2) is 0 Å². The van der Waals surface area contributed by atoms with Crippen LogP contribution < -0.4 is 5.32 Å². The first-order valence-corrected chi connectivity index (χ1v) is 12.5. The molecule has 0 aliphatic carbocycles. The number of carbonyl (C=O) groups excluding carboxylic acids is 2. The molecule has 0 fully saturated rings. The maximum absolute atomic E-state index is 13.2. The van der Waals surface area contributed by atoms with Crippen molar-refractivity contribution in [1.29, 1.82) is 0 Å². The Kier molecular flexibility index (Phi) is 8.50. The Morgan fingerprint density at radius 2 is 1.76 bits per heavy atom. The summed E-state index contributed by atoms with van der Waals surface area (Å²) in [6.45, 7) is 2.06. The van der Waals surface area contributed by atoms with E-state index >= 15 is 0 Å². The molecule has 0 atom stereocenters. The molecule has 0 spiro atoms. The minimum Gasteiger partial charge on any atom is -0.329 e. The quantitative estimate of drug-likeness (QED) is 0.200. The van der Waals surface area contributed by atoms with Gasteiger partial charge in [-0.2, -0.15) is 5.10 Å². The number of non-ortho nitro benzene ring substituents is 1. The van der Waals surface area contributed by atoms with Gasteiger partial charge in [0.2, 0.25) is 5.91 Å². The van der Waals surface area contributed by atoms with E-state index in [2.05, 4.69) is 10.4 Å². The SMILES string of the molecule is CCCCN(CC(=O)Nc1cc(-c2ccccc2)nn1-c1ccccc1Cl)C(=O)c1cccc([N+](=O)[O-])c1. The van der Waals surface area contributed by atoms with E-state index < -0.39 is 16.7 Å². The van der Waals surface area contributed by atoms with E-state index in [4.69, 9.17) is 11.6 Å². The van der Waals surface area contributed by atoms with Crippen molar-refractivity contribution in [3.05, 3.63) is 106 Å². The fraction of sp³-hybridized carbons (Fsp3) is 0.179. The number of nitro benzene ring substituents is 1. The predicted molar refractivity (Wildman–Crippen MR) is 147 cm³/mol. The summed E-state index contributed by atoms with van der Waals surface area (Å²) in [6.07, 6.45) is 1.48. The number of unbranched alkanes of at least 4 members (excludes halogenated alkanes) is 1. The van der Waals surface area contributed by atoms with Crippen molar-refractivity contribution in [2.75, 3.05) is 18.4 Å². The molecule has 3 aromatic carbocycles. The Morgan fingerprint density at radius 1 is 1.03 bits per heavy atom. The van der Waals surface area contributed by atoms with Gasteiger partial charge in [-0.3, -0.25) is 19.7 Å². The molecule has 1 aromatic heterocycles. The number of nitro groups is 1. The topological polar surface area (TPSA) is 110 Å². The van der Waals surface area contributed by atoms with Crippen molar-refractivity contribution in [2.45, 2.75) is 19.8 Å². The van der Waals surface area contributed by atoms with Crippen LogP contribution in [0.4, 0.5) is 11.5 Å². The molecule has 2 amide bonds. The summed E-state index contributed by atoms with van der Waals surface area (Å²) in [4.78, 5) is 38.5. The van der Waals surface area contributed by atoms with Crippen LogP contribution in [0.25, 0.3) is 16.9 Å². The summed E-state index contributed by atoms with van der Waals surface area (Å²) in [5.41, 5.74) is 2.04. The molecular weight excluding hydrogens is 506 g/mol. The Labute approximate surface area is 224 Å². The zero-order valence-corrected chi connectivity index (χ0v) is 21.5. The number of benzene rings is 3. The third-order valence-electron chi connectivity index (χ3n) is 5.83. The summed E-state index contributed by atoms with van der Waals surface area (Å²) in [5, 5.41) is 19.2. The summed E-state index contributed by atoms with van der Waals surface area (Å²) < 4.78 is 1.56. The fourth-order valence-corrected chi connectivity index (χ4v) is 4.14. The Hall–Kier alpha value is -4.50. The molecule has 0 bridgehead atoms. The van der Waals surface area contributed by atoms with E-state index in [1.54, 1.807) is 28.9 Å². The molecule has 10 heteroatoms. The first-order chi connectivity index (χ1) is 18.4. The number of rotatable bonds is 10. The number of anilines is 1. The van der Waals surface area contributed by atoms with Gasteiger partial charge >= 0.3 is 0 Å². The second-order valence-corrected chi connectivity index (χ2v) is 8.99. The van der Waals surface area contributed by atoms with E-state index in [0.717, 1.165) is 12.0 Å². The molecular formula is C28H26ClN5O4. The van der Waals surface area contributed by atoms with Crippen LogP contribution in [0.5, 0.6) is 0 Å². The van der Waals surface area contributed by atoms with Crippen LogP contribution in [0.3, 0.4) is 0 Å². The van der Waals surface area contributed by atoms with Crippen molar-refractivity contribution >= 4 is 34.9 Å². The smallest absolute Gasteiger partial charge is 0.270 e. The lowest BCUT2D eigenvalue weighted by molar-refractivity contribution is -0.384. The highest BCUT2D eigenvalue weighted by molar-refractivity contribution is 6.32. The van der Waals surface area contributed by atoms with Gasteiger partial charge in [-0.25, -0.2) is 4.68 Å². The maximum atomic E-state index is 13.2. The second kappa shape index (κ2) is 12.2. The highest BCUT2D eigenvalue weighted by atomic mass is 35.5. The van der Waals surface area contributed by atoms with Crippen molar-refractivity contribution in [2.24, 2.45) is 0 Å². The minimum absolute atomic E-state index is 0.149. The van der Waals surface area contributed by atoms with Crippen molar-refractivity contribution in [3.8, 4) is 16.9 Å². The Bertz CT molecular complexity index is 1450. The molecule has 4 rings (SSSR count). The first-order valence-electron chi connectivity index (χ1n) is 12.1. The third-order valence-corrected chi connectivity index (χ3v) is 6.15. The van der Waals surface area contributed by atoms with Gasteiger partial charge in [0.25, 0.3) is 11.6 Å². The van der Waals surface area contributed by atoms with E-state index in [9.17, 15) is 19.7 Å². The molecule has 38 heavy (non-hydrogen) atoms. The monoisotopic (exact) mass is 531 g/mol. The molecule has 1 heterocycles. The maximum Gasteiger partial charge on any atom is 0.270 e. The lowest BCUT2D eigenvalue weighted by atomic mass is 10.1. The van der Waals surface area contributed by atoms with Gasteiger partial charge in [-0.15, -0.1) is 0 Å². The van der Waals surface area contributed by atoms with Gasteiger partial charge in [0.1, 0.15) is 12.4 Å². The van der Waals surface area contributed by atoms with Gasteiger partial charge in [0.05, 0.1) is 21.3 Å². The van der Waals surface area contributed by atoms with Crippen LogP contribution >= 0.6 is 11.6 Å². The standard InChI is InChI=1S/C28H26ClN5O4/c1-2-3-16-32(28(36)21-12-9-13-22(17-21)34(37)38)19-27(35)30-26-18-24(20-10-5-4-6-11-20)31-33(26)25-15-8-7-14-23(25)29/h4-15,17-18H,2-3,16,19H2,1H3,(H,30,35). The predicted octanol–water partition coefficient (Wildman–Crippen LogP) is 5.98. The fourth-order valence-electron chi connectivity index (χ4n) is 3.92. The van der Waals surface area contributed by atoms with Gasteiger partial charge in [0, 0.05) is 35.9 Å². The molecule has 0 aliphatic heterocycles. The number of nitrogens with one attached hydrogen (secondary N) is 1. The molecule has 1 N–H and O–H groups in total. The summed E-state index contributed by atoms with van der Waals surface area (Å²) in [7, 11) is 0. The van der Waals surface area contributed by atoms with Crippen LogP contribution in [0.15, 0.2) is 84.9 Å². The van der Waals surface area contributed by atoms with Crippen molar-refractivity contribution in [1.82, 2.24) is 14.7 Å². The highest BCUT2D eigenvalue weighted by Crippen LogP contribution is 2.28. The Balaban J connectivity index is 1.61. The first kappa shape index (κ1) is 26.6. The Morgan fingerprint density at radius 3 is 2.47 bits per heavy atom. The van der Waals surface area contributed by atoms with Crippen LogP contribution in [0.2, 0.25) is 5.02 Å². The molecule has 0 aliphatic rings. The minimum atomic E-state index is -0.555. The number of carbonyl (C=O) groups is 2. The van der Waals surface area contributed by atoms with Gasteiger partial charge in [-0.05, 0) is 24.6 Å². The number of para-hydroxylation sites is 1. The van der Waals surface area contributed by atoms with Crippen LogP contribution in [0, 0.1) is 10.1 Å². The number of hydrogen-bond acceptors (Lipinski definition) is 5. The molecule has 0 radical (unpaired) electrons. The van der Waals surface area contributed by atoms with Crippen molar-refractivity contribution in [3.63, 3.8) is 0 Å². The van der Waals surface area contributed by atoms with E-state index in [1.807, 2.05) is 43.3 Å². The molecule has 194 valence electrons. The summed E-state index contributed by atoms with van der Waals surface area (Å²) in [5.74, 6) is -0.505. The highest BCUT2D eigenvalue weighted by Gasteiger charge is 2.22. The van der Waals surface area contributed by atoms with Gasteiger partial charge in [-0.1, -0.05) is 73.5 Å². The molecule has 4 aromatic rings. The van der Waals surface area contributed by atoms with Crippen LogP contribution in [0.1, 0.15) is 30.1 Å². The van der Waals surface area contributed by atoms with Crippen LogP contribution in [-0.2, 0) is 4.79 Å². The lowest BCUT2D eigenvalue weighted by Crippen LogP contribution is -2.39. The van der Waals surface area contributed by atoms with Crippen molar-refractivity contribution < 1.29 is 14.5 Å². The van der Waals surface area contributed by atoms with Gasteiger partial charge < -0.3 is 10.2 Å². The molecule has 0 saturated carbocycles. The van der Waals surface area contributed by atoms with E-state index in [-0.39, 0.29) is 17.8 Å². The lowest BCUT2D eigenvalue weighted by Gasteiger charge is -2.22. The number of amides is 2. The number of aromatic nitrogens is 2. The second-order valence-electron chi connectivity index (χ2n) is 8.58. The van der Waals surface area contributed by atoms with Crippen LogP contribution in [-0.4, -0.2) is 44.5 Å². The zero-order chi connectivity index (χ0) is 27.1. The number of halogens is 1. The summed E-state index contributed by atoms with van der Waals surface area (Å²) in [6, 6.07) is 23.9. The largest absolute Gasteiger partial charge is 0.329 e. The van der Waals surface area contributed by atoms with E-state index in [0.29, 0.717) is 35.2 Å². The number of hydrogen-bond donors (Lipinski definition) is 1. The molecule has 0 unspecified atom stereocenters. The summed E-state index contributed by atoms with van der Waals surface area (Å²) >= 11 is 6.43. The van der Waals surface area contributed by atoms with E-state index in [1.165, 1.54) is 29.2 Å². The zero-order valence-electron chi connectivity index (χ0n) is 20.7. The normalized spacial score (nSPS) is 10.7. The average Bonchev–Trinajstić information content (AvgIpc) is 3.34. The third kappa shape index (κ3) is 6.24.